The molecule has 2 aromatic carbocycles. The van der Waals surface area contributed by atoms with E-state index in [-0.39, 0.29) is 15.8 Å². The number of amides is 1. The molecule has 1 aromatic heterocycles. The summed E-state index contributed by atoms with van der Waals surface area (Å²) in [4.78, 5) is 18.5. The fourth-order valence-electron chi connectivity index (χ4n) is 2.38. The summed E-state index contributed by atoms with van der Waals surface area (Å²) in [7, 11) is -4.48. The van der Waals surface area contributed by atoms with Crippen LogP contribution in [0.5, 0.6) is 11.5 Å². The average molecular weight is 402 g/mol. The van der Waals surface area contributed by atoms with E-state index in [1.54, 1.807) is 24.3 Å². The monoisotopic (exact) mass is 402 g/mol. The van der Waals surface area contributed by atoms with Gasteiger partial charge in [-0.3, -0.25) is 10.0 Å². The highest BCUT2D eigenvalue weighted by molar-refractivity contribution is 7.89. The minimum Gasteiger partial charge on any atom is -0.457 e. The van der Waals surface area contributed by atoms with Crippen molar-refractivity contribution in [3.05, 3.63) is 72.8 Å². The number of hydrogen-bond donors (Lipinski definition) is 3. The van der Waals surface area contributed by atoms with Crippen molar-refractivity contribution in [3.8, 4) is 11.5 Å². The van der Waals surface area contributed by atoms with E-state index >= 15 is 0 Å². The summed E-state index contributed by atoms with van der Waals surface area (Å²) in [6, 6.07) is 13.0. The van der Waals surface area contributed by atoms with Crippen molar-refractivity contribution >= 4 is 15.9 Å². The molecule has 1 amide bonds. The number of nitrogens with two attached hydrogens (primary N) is 1. The average Bonchev–Trinajstić information content (AvgIpc) is 3.21. The summed E-state index contributed by atoms with van der Waals surface area (Å²) >= 11 is 0. The number of nitrogens with one attached hydrogen (secondary N) is 1. The Bertz CT molecular complexity index is 1020. The lowest BCUT2D eigenvalue weighted by atomic mass is 10.2. The highest BCUT2D eigenvalue weighted by Gasteiger charge is 2.32. The number of carbonyl (C=O) groups is 1. The van der Waals surface area contributed by atoms with Gasteiger partial charge in [-0.25, -0.2) is 4.98 Å². The molecular weight excluding hydrogens is 384 g/mol. The molecule has 0 spiro atoms. The molecule has 0 radical (unpaired) electrons. The fourth-order valence-corrected chi connectivity index (χ4v) is 3.43. The highest BCUT2D eigenvalue weighted by Crippen LogP contribution is 2.24. The maximum absolute atomic E-state index is 12.5. The summed E-state index contributed by atoms with van der Waals surface area (Å²) in [5.74, 6) is -0.176. The third kappa shape index (κ3) is 4.36. The van der Waals surface area contributed by atoms with E-state index in [4.69, 9.17) is 10.5 Å². The molecule has 3 rings (SSSR count). The number of H-pyrrole nitrogens is 1. The third-order valence-electron chi connectivity index (χ3n) is 3.82. The Labute approximate surface area is 161 Å². The first-order valence-electron chi connectivity index (χ1n) is 8.22. The molecule has 0 fully saturated rings. The number of ether oxygens (including phenoxy) is 1. The summed E-state index contributed by atoms with van der Waals surface area (Å²) < 4.78 is 30.2. The molecule has 1 atom stereocenters. The lowest BCUT2D eigenvalue weighted by Crippen LogP contribution is -2.46. The van der Waals surface area contributed by atoms with E-state index in [2.05, 4.69) is 9.97 Å². The first kappa shape index (κ1) is 19.5. The predicted octanol–water partition coefficient (Wildman–Crippen LogP) is 1.68. The highest BCUT2D eigenvalue weighted by atomic mass is 32.2. The minimum absolute atomic E-state index is 0.0290. The number of sulfonamides is 1. The molecule has 28 heavy (non-hydrogen) atoms. The lowest BCUT2D eigenvalue weighted by molar-refractivity contribution is -0.147. The molecule has 9 nitrogen and oxygen atoms in total. The van der Waals surface area contributed by atoms with Crippen LogP contribution >= 0.6 is 0 Å². The molecule has 0 aliphatic heterocycles. The second-order valence-electron chi connectivity index (χ2n) is 5.84. The molecule has 4 N–H and O–H groups in total. The number of aromatic nitrogens is 2. The Kier molecular flexibility index (Phi) is 5.73. The molecule has 0 aliphatic rings. The van der Waals surface area contributed by atoms with Crippen molar-refractivity contribution in [2.75, 3.05) is 0 Å². The minimum atomic E-state index is -4.48. The Morgan fingerprint density at radius 3 is 2.39 bits per heavy atom. The number of imidazole rings is 1. The van der Waals surface area contributed by atoms with Crippen molar-refractivity contribution in [1.29, 1.82) is 0 Å². The van der Waals surface area contributed by atoms with Gasteiger partial charge in [0, 0.05) is 12.6 Å². The summed E-state index contributed by atoms with van der Waals surface area (Å²) in [6.07, 6.45) is 2.90. The largest absolute Gasteiger partial charge is 0.457 e. The maximum atomic E-state index is 12.5. The van der Waals surface area contributed by atoms with Gasteiger partial charge < -0.3 is 15.5 Å². The number of benzene rings is 2. The summed E-state index contributed by atoms with van der Waals surface area (Å²) in [6.45, 7) is 0. The zero-order valence-electron chi connectivity index (χ0n) is 14.6. The van der Waals surface area contributed by atoms with Crippen LogP contribution in [-0.2, 0) is 21.2 Å². The maximum Gasteiger partial charge on any atom is 0.289 e. The number of hydrogen-bond acceptors (Lipinski definition) is 7. The Balaban J connectivity index is 1.71. The Morgan fingerprint density at radius 1 is 1.14 bits per heavy atom. The van der Waals surface area contributed by atoms with Crippen molar-refractivity contribution in [2.24, 2.45) is 5.73 Å². The normalized spacial score (nSPS) is 12.4. The van der Waals surface area contributed by atoms with E-state index in [1.807, 2.05) is 6.07 Å². The van der Waals surface area contributed by atoms with Gasteiger partial charge in [0.15, 0.2) is 0 Å². The first-order chi connectivity index (χ1) is 13.4. The van der Waals surface area contributed by atoms with E-state index in [0.717, 1.165) is 0 Å². The van der Waals surface area contributed by atoms with Crippen LogP contribution in [-0.4, -0.2) is 40.0 Å². The molecule has 146 valence electrons. The van der Waals surface area contributed by atoms with Crippen LogP contribution in [0.15, 0.2) is 72.0 Å². The van der Waals surface area contributed by atoms with Gasteiger partial charge in [0.2, 0.25) is 0 Å². The van der Waals surface area contributed by atoms with Crippen LogP contribution in [0.4, 0.5) is 0 Å². The van der Waals surface area contributed by atoms with Gasteiger partial charge in [-0.2, -0.15) is 8.42 Å². The molecule has 3 aromatic rings. The van der Waals surface area contributed by atoms with Gasteiger partial charge in [0.05, 0.1) is 23.0 Å². The molecule has 0 saturated heterocycles. The van der Waals surface area contributed by atoms with E-state index < -0.39 is 22.0 Å². The van der Waals surface area contributed by atoms with E-state index in [1.165, 1.54) is 36.8 Å². The van der Waals surface area contributed by atoms with Crippen LogP contribution in [0.25, 0.3) is 0 Å². The van der Waals surface area contributed by atoms with Crippen LogP contribution in [0, 0.1) is 0 Å². The molecule has 0 aliphatic carbocycles. The van der Waals surface area contributed by atoms with Gasteiger partial charge in [0.25, 0.3) is 15.9 Å². The van der Waals surface area contributed by atoms with Crippen molar-refractivity contribution < 1.29 is 23.2 Å². The van der Waals surface area contributed by atoms with Crippen LogP contribution < -0.4 is 10.5 Å². The van der Waals surface area contributed by atoms with E-state index in [9.17, 15) is 18.4 Å². The van der Waals surface area contributed by atoms with Gasteiger partial charge in [0.1, 0.15) is 11.5 Å². The summed E-state index contributed by atoms with van der Waals surface area (Å²) in [5.41, 5.74) is 6.17. The summed E-state index contributed by atoms with van der Waals surface area (Å²) in [5, 5.41) is 9.96. The molecule has 1 heterocycles. The van der Waals surface area contributed by atoms with Gasteiger partial charge >= 0.3 is 0 Å². The van der Waals surface area contributed by atoms with Crippen molar-refractivity contribution in [1.82, 2.24) is 14.4 Å². The Morgan fingerprint density at radius 2 is 1.79 bits per heavy atom. The van der Waals surface area contributed by atoms with Crippen LogP contribution in [0.2, 0.25) is 0 Å². The topological polar surface area (TPSA) is 139 Å². The van der Waals surface area contributed by atoms with Gasteiger partial charge in [-0.05, 0) is 36.4 Å². The lowest BCUT2D eigenvalue weighted by Gasteiger charge is -2.18. The van der Waals surface area contributed by atoms with Crippen LogP contribution in [0.1, 0.15) is 5.69 Å². The number of para-hydroxylation sites is 1. The van der Waals surface area contributed by atoms with Crippen LogP contribution in [0.3, 0.4) is 0 Å². The molecule has 10 heteroatoms. The number of carbonyl (C=O) groups excluding carboxylic acids is 1. The quantitative estimate of drug-likeness (QED) is 0.404. The molecule has 0 bridgehead atoms. The smallest absolute Gasteiger partial charge is 0.289 e. The Hall–Kier alpha value is -3.21. The first-order valence-corrected chi connectivity index (χ1v) is 9.66. The third-order valence-corrected chi connectivity index (χ3v) is 5.32. The van der Waals surface area contributed by atoms with Crippen molar-refractivity contribution in [3.63, 3.8) is 0 Å². The van der Waals surface area contributed by atoms with Crippen molar-refractivity contribution in [2.45, 2.75) is 17.4 Å². The second-order valence-corrected chi connectivity index (χ2v) is 7.61. The second kappa shape index (κ2) is 8.21. The SMILES string of the molecule is N[C@H](Cc1c[nH]cn1)C(=O)N(O)S(=O)(=O)c1ccc(Oc2ccccc2)cc1. The number of nitrogens with zero attached hydrogens (tertiary/aromatic N) is 2. The van der Waals surface area contributed by atoms with Gasteiger partial charge in [-0.1, -0.05) is 18.2 Å². The zero-order chi connectivity index (χ0) is 20.1. The zero-order valence-corrected chi connectivity index (χ0v) is 15.4. The number of hydroxylamine groups is 1. The molecule has 0 unspecified atom stereocenters. The van der Waals surface area contributed by atoms with Gasteiger partial charge in [-0.15, -0.1) is 4.47 Å². The fraction of sp³-hybridized carbons (Fsp3) is 0.111. The molecule has 0 saturated carbocycles. The predicted molar refractivity (Wildman–Crippen MR) is 99.0 cm³/mol. The van der Waals surface area contributed by atoms with E-state index in [0.29, 0.717) is 17.2 Å². The molecular formula is C18H18N4O5S. The number of aromatic amines is 1. The number of rotatable bonds is 7. The standard InChI is InChI=1S/C18H18N4O5S/c19-17(10-13-11-20-12-21-13)18(23)22(24)28(25,26)16-8-6-15(7-9-16)27-14-4-2-1-3-5-14/h1-9,11-12,17,24H,10,19H2,(H,20,21)/t17-/m1/s1.